The van der Waals surface area contributed by atoms with E-state index in [4.69, 9.17) is 9.47 Å². The molecule has 1 aliphatic rings. The molecule has 2 aromatic rings. The second-order valence-electron chi connectivity index (χ2n) is 6.18. The maximum absolute atomic E-state index is 12.1. The molecule has 126 valence electrons. The number of hydrogen-bond acceptors (Lipinski definition) is 3. The van der Waals surface area contributed by atoms with Gasteiger partial charge in [-0.05, 0) is 49.1 Å². The van der Waals surface area contributed by atoms with Gasteiger partial charge in [-0.1, -0.05) is 29.8 Å². The van der Waals surface area contributed by atoms with Crippen LogP contribution in [-0.2, 0) is 17.8 Å². The fourth-order valence-corrected chi connectivity index (χ4v) is 2.86. The molecule has 0 bridgehead atoms. The summed E-state index contributed by atoms with van der Waals surface area (Å²) in [7, 11) is 0. The third-order valence-corrected chi connectivity index (χ3v) is 4.22. The molecule has 2 aromatic carbocycles. The highest BCUT2D eigenvalue weighted by atomic mass is 16.6. The molecule has 0 aromatic heterocycles. The fraction of sp³-hybridized carbons (Fsp3) is 0.350. The van der Waals surface area contributed by atoms with E-state index in [0.29, 0.717) is 26.2 Å². The monoisotopic (exact) mass is 325 g/mol. The van der Waals surface area contributed by atoms with Crippen molar-refractivity contribution < 1.29 is 14.3 Å². The van der Waals surface area contributed by atoms with Crippen LogP contribution in [0, 0.1) is 13.8 Å². The fourth-order valence-electron chi connectivity index (χ4n) is 2.86. The topological polar surface area (TPSA) is 47.6 Å². The highest BCUT2D eigenvalue weighted by Crippen LogP contribution is 2.30. The molecule has 24 heavy (non-hydrogen) atoms. The molecule has 3 rings (SSSR count). The molecule has 0 saturated heterocycles. The van der Waals surface area contributed by atoms with Crippen LogP contribution >= 0.6 is 0 Å². The predicted molar refractivity (Wildman–Crippen MR) is 93.5 cm³/mol. The predicted octanol–water partition coefficient (Wildman–Crippen LogP) is 3.32. The molecule has 0 unspecified atom stereocenters. The van der Waals surface area contributed by atoms with Crippen molar-refractivity contribution in [1.82, 2.24) is 5.32 Å². The van der Waals surface area contributed by atoms with E-state index in [1.54, 1.807) is 0 Å². The van der Waals surface area contributed by atoms with Gasteiger partial charge in [-0.3, -0.25) is 4.79 Å². The zero-order valence-electron chi connectivity index (χ0n) is 14.2. The average Bonchev–Trinajstić information content (AvgIpc) is 2.59. The lowest BCUT2D eigenvalue weighted by molar-refractivity contribution is -0.121. The Morgan fingerprint density at radius 2 is 1.83 bits per heavy atom. The third-order valence-electron chi connectivity index (χ3n) is 4.22. The minimum atomic E-state index is 0.0601. The first-order chi connectivity index (χ1) is 11.6. The second kappa shape index (κ2) is 7.39. The lowest BCUT2D eigenvalue weighted by atomic mass is 10.0. The number of ether oxygens (including phenoxy) is 2. The van der Waals surface area contributed by atoms with Crippen LogP contribution in [0.1, 0.15) is 28.7 Å². The van der Waals surface area contributed by atoms with Gasteiger partial charge >= 0.3 is 0 Å². The van der Waals surface area contributed by atoms with Crippen LogP contribution < -0.4 is 14.8 Å². The van der Waals surface area contributed by atoms with Gasteiger partial charge in [0.2, 0.25) is 5.91 Å². The van der Waals surface area contributed by atoms with Gasteiger partial charge in [0.15, 0.2) is 11.5 Å². The summed E-state index contributed by atoms with van der Waals surface area (Å²) in [6.45, 7) is 5.83. The second-order valence-corrected chi connectivity index (χ2v) is 6.18. The van der Waals surface area contributed by atoms with E-state index in [-0.39, 0.29) is 5.91 Å². The number of aryl methyl sites for hydroxylation is 3. The minimum Gasteiger partial charge on any atom is -0.486 e. The first-order valence-electron chi connectivity index (χ1n) is 8.33. The maximum Gasteiger partial charge on any atom is 0.220 e. The molecular formula is C20H23NO3. The van der Waals surface area contributed by atoms with Crippen molar-refractivity contribution >= 4 is 5.91 Å². The average molecular weight is 325 g/mol. The SMILES string of the molecule is Cc1ccc(CCC(=O)NCc2ccc3c(c2)OCCO3)c(C)c1. The third kappa shape index (κ3) is 4.07. The van der Waals surface area contributed by atoms with Crippen LogP contribution in [0.4, 0.5) is 0 Å². The smallest absolute Gasteiger partial charge is 0.220 e. The largest absolute Gasteiger partial charge is 0.486 e. The van der Waals surface area contributed by atoms with E-state index in [0.717, 1.165) is 23.5 Å². The number of carbonyl (C=O) groups is 1. The van der Waals surface area contributed by atoms with Crippen LogP contribution in [0.3, 0.4) is 0 Å². The molecule has 0 atom stereocenters. The van der Waals surface area contributed by atoms with Crippen LogP contribution in [0.2, 0.25) is 0 Å². The molecular weight excluding hydrogens is 302 g/mol. The summed E-state index contributed by atoms with van der Waals surface area (Å²) in [6, 6.07) is 12.1. The van der Waals surface area contributed by atoms with Crippen LogP contribution in [0.5, 0.6) is 11.5 Å². The number of fused-ring (bicyclic) bond motifs is 1. The van der Waals surface area contributed by atoms with Gasteiger partial charge in [0.25, 0.3) is 0 Å². The molecule has 0 spiro atoms. The summed E-state index contributed by atoms with van der Waals surface area (Å²) in [5, 5.41) is 2.97. The summed E-state index contributed by atoms with van der Waals surface area (Å²) in [5.41, 5.74) is 4.74. The highest BCUT2D eigenvalue weighted by molar-refractivity contribution is 5.76. The number of hydrogen-bond donors (Lipinski definition) is 1. The summed E-state index contributed by atoms with van der Waals surface area (Å²) >= 11 is 0. The molecule has 4 heteroatoms. The van der Waals surface area contributed by atoms with Gasteiger partial charge in [-0.25, -0.2) is 0 Å². The summed E-state index contributed by atoms with van der Waals surface area (Å²) in [5.74, 6) is 1.58. The zero-order chi connectivity index (χ0) is 16.9. The van der Waals surface area contributed by atoms with E-state index in [1.807, 2.05) is 18.2 Å². The van der Waals surface area contributed by atoms with E-state index < -0.39 is 0 Å². The lowest BCUT2D eigenvalue weighted by Gasteiger charge is -2.19. The van der Waals surface area contributed by atoms with Crippen molar-refractivity contribution in [1.29, 1.82) is 0 Å². The van der Waals surface area contributed by atoms with Gasteiger partial charge in [0.1, 0.15) is 13.2 Å². The Balaban J connectivity index is 1.50. The molecule has 1 heterocycles. The van der Waals surface area contributed by atoms with Gasteiger partial charge < -0.3 is 14.8 Å². The van der Waals surface area contributed by atoms with Crippen molar-refractivity contribution in [2.24, 2.45) is 0 Å². The maximum atomic E-state index is 12.1. The zero-order valence-corrected chi connectivity index (χ0v) is 14.2. The van der Waals surface area contributed by atoms with Crippen LogP contribution in [-0.4, -0.2) is 19.1 Å². The Morgan fingerprint density at radius 3 is 2.62 bits per heavy atom. The quantitative estimate of drug-likeness (QED) is 0.917. The summed E-state index contributed by atoms with van der Waals surface area (Å²) in [4.78, 5) is 12.1. The Kier molecular flexibility index (Phi) is 5.04. The van der Waals surface area contributed by atoms with Crippen molar-refractivity contribution in [3.05, 3.63) is 58.7 Å². The molecule has 1 aliphatic heterocycles. The van der Waals surface area contributed by atoms with Crippen molar-refractivity contribution in [2.75, 3.05) is 13.2 Å². The highest BCUT2D eigenvalue weighted by Gasteiger charge is 2.12. The van der Waals surface area contributed by atoms with E-state index >= 15 is 0 Å². The van der Waals surface area contributed by atoms with Gasteiger partial charge in [-0.15, -0.1) is 0 Å². The van der Waals surface area contributed by atoms with Crippen molar-refractivity contribution in [3.8, 4) is 11.5 Å². The van der Waals surface area contributed by atoms with Gasteiger partial charge in [-0.2, -0.15) is 0 Å². The number of carbonyl (C=O) groups excluding carboxylic acids is 1. The molecule has 1 N–H and O–H groups in total. The Bertz CT molecular complexity index is 740. The summed E-state index contributed by atoms with van der Waals surface area (Å²) in [6.07, 6.45) is 1.26. The van der Waals surface area contributed by atoms with Crippen molar-refractivity contribution in [2.45, 2.75) is 33.2 Å². The van der Waals surface area contributed by atoms with E-state index in [1.165, 1.54) is 16.7 Å². The Labute approximate surface area is 142 Å². The molecule has 0 aliphatic carbocycles. The van der Waals surface area contributed by atoms with Crippen LogP contribution in [0.15, 0.2) is 36.4 Å². The Morgan fingerprint density at radius 1 is 1.04 bits per heavy atom. The molecule has 1 amide bonds. The van der Waals surface area contributed by atoms with E-state index in [9.17, 15) is 4.79 Å². The Hall–Kier alpha value is -2.49. The molecule has 0 radical (unpaired) electrons. The standard InChI is InChI=1S/C20H23NO3/c1-14-3-5-17(15(2)11-14)6-8-20(22)21-13-16-4-7-18-19(12-16)24-10-9-23-18/h3-5,7,11-12H,6,8-10,13H2,1-2H3,(H,21,22). The first-order valence-corrected chi connectivity index (χ1v) is 8.33. The molecule has 0 saturated carbocycles. The summed E-state index contributed by atoms with van der Waals surface area (Å²) < 4.78 is 11.1. The normalized spacial score (nSPS) is 12.8. The van der Waals surface area contributed by atoms with Gasteiger partial charge in [0.05, 0.1) is 0 Å². The lowest BCUT2D eigenvalue weighted by Crippen LogP contribution is -2.23. The number of benzene rings is 2. The molecule has 0 fully saturated rings. The van der Waals surface area contributed by atoms with E-state index in [2.05, 4.69) is 37.4 Å². The number of amides is 1. The van der Waals surface area contributed by atoms with Crippen LogP contribution in [0.25, 0.3) is 0 Å². The molecule has 4 nitrogen and oxygen atoms in total. The first kappa shape index (κ1) is 16.4. The minimum absolute atomic E-state index is 0.0601. The number of rotatable bonds is 5. The van der Waals surface area contributed by atoms with Gasteiger partial charge in [0, 0.05) is 13.0 Å². The number of nitrogens with one attached hydrogen (secondary N) is 1. The van der Waals surface area contributed by atoms with Crippen molar-refractivity contribution in [3.63, 3.8) is 0 Å².